The Bertz CT molecular complexity index is 477. The third-order valence-corrected chi connectivity index (χ3v) is 5.08. The van der Waals surface area contributed by atoms with Gasteiger partial charge >= 0.3 is 0 Å². The van der Waals surface area contributed by atoms with E-state index in [4.69, 9.17) is 9.52 Å². The maximum atomic E-state index is 11.9. The fraction of sp³-hybridized carbons (Fsp3) is 0.700. The zero-order valence-electron chi connectivity index (χ0n) is 9.14. The summed E-state index contributed by atoms with van der Waals surface area (Å²) in [4.78, 5) is 4.05. The first-order valence-electron chi connectivity index (χ1n) is 5.33. The van der Waals surface area contributed by atoms with Crippen LogP contribution in [-0.2, 0) is 16.4 Å². The molecule has 0 radical (unpaired) electrons. The number of hydrogen-bond donors (Lipinski definition) is 1. The van der Waals surface area contributed by atoms with E-state index in [9.17, 15) is 8.42 Å². The first-order chi connectivity index (χ1) is 7.54. The Morgan fingerprint density at radius 3 is 2.81 bits per heavy atom. The van der Waals surface area contributed by atoms with Crippen molar-refractivity contribution < 1.29 is 17.9 Å². The summed E-state index contributed by atoms with van der Waals surface area (Å²) in [7, 11) is -3.10. The van der Waals surface area contributed by atoms with Gasteiger partial charge in [-0.15, -0.1) is 0 Å². The topological polar surface area (TPSA) is 80.4 Å². The summed E-state index contributed by atoms with van der Waals surface area (Å²) >= 11 is 0. The molecule has 1 aromatic rings. The van der Waals surface area contributed by atoms with Gasteiger partial charge in [0.05, 0.1) is 5.75 Å². The van der Waals surface area contributed by atoms with Crippen molar-refractivity contribution in [1.29, 1.82) is 0 Å². The van der Waals surface area contributed by atoms with E-state index >= 15 is 0 Å². The standard InChI is InChI=1S/C10H15NO4S/c1-7-10(11-9(6-12)15-7)8-4-2-3-5-16(8,13)14/h8,12H,2-6H2,1H3. The van der Waals surface area contributed by atoms with Gasteiger partial charge in [0.1, 0.15) is 23.3 Å². The van der Waals surface area contributed by atoms with E-state index in [-0.39, 0.29) is 18.3 Å². The summed E-state index contributed by atoms with van der Waals surface area (Å²) in [5, 5.41) is 8.35. The second-order valence-corrected chi connectivity index (χ2v) is 6.36. The smallest absolute Gasteiger partial charge is 0.220 e. The molecule has 5 nitrogen and oxygen atoms in total. The van der Waals surface area contributed by atoms with Crippen LogP contribution in [0.15, 0.2) is 4.42 Å². The molecule has 0 bridgehead atoms. The van der Waals surface area contributed by atoms with Gasteiger partial charge in [0.15, 0.2) is 9.84 Å². The van der Waals surface area contributed by atoms with Crippen molar-refractivity contribution in [3.05, 3.63) is 17.3 Å². The van der Waals surface area contributed by atoms with Crippen molar-refractivity contribution in [3.8, 4) is 0 Å². The number of hydrogen-bond acceptors (Lipinski definition) is 5. The minimum absolute atomic E-state index is 0.188. The van der Waals surface area contributed by atoms with E-state index in [1.807, 2.05) is 0 Å². The zero-order chi connectivity index (χ0) is 11.8. The molecule has 2 heterocycles. The Hall–Kier alpha value is -0.880. The van der Waals surface area contributed by atoms with Crippen molar-refractivity contribution in [2.45, 2.75) is 38.0 Å². The molecule has 0 saturated carbocycles. The van der Waals surface area contributed by atoms with Crippen molar-refractivity contribution in [2.24, 2.45) is 0 Å². The molecule has 0 spiro atoms. The fourth-order valence-corrected chi connectivity index (χ4v) is 4.07. The number of aliphatic hydroxyl groups excluding tert-OH is 1. The SMILES string of the molecule is Cc1oc(CO)nc1C1CCCCS1(=O)=O. The average Bonchev–Trinajstić information content (AvgIpc) is 2.59. The lowest BCUT2D eigenvalue weighted by atomic mass is 10.1. The van der Waals surface area contributed by atoms with Gasteiger partial charge < -0.3 is 9.52 Å². The van der Waals surface area contributed by atoms with Crippen LogP contribution in [0.4, 0.5) is 0 Å². The van der Waals surface area contributed by atoms with Crippen LogP contribution in [0, 0.1) is 6.92 Å². The molecule has 1 atom stereocenters. The van der Waals surface area contributed by atoms with E-state index in [1.54, 1.807) is 6.92 Å². The van der Waals surface area contributed by atoms with Gasteiger partial charge in [0.2, 0.25) is 5.89 Å². The molecular formula is C10H15NO4S. The van der Waals surface area contributed by atoms with Crippen LogP contribution >= 0.6 is 0 Å². The molecule has 0 aromatic carbocycles. The van der Waals surface area contributed by atoms with E-state index in [1.165, 1.54) is 0 Å². The number of aliphatic hydroxyl groups is 1. The molecule has 1 N–H and O–H groups in total. The minimum Gasteiger partial charge on any atom is -0.443 e. The average molecular weight is 245 g/mol. The Kier molecular flexibility index (Phi) is 3.03. The molecule has 2 rings (SSSR count). The predicted octanol–water partition coefficient (Wildman–Crippen LogP) is 1.12. The number of aromatic nitrogens is 1. The number of oxazole rings is 1. The summed E-state index contributed by atoms with van der Waals surface area (Å²) in [5.74, 6) is 0.908. The highest BCUT2D eigenvalue weighted by molar-refractivity contribution is 7.91. The molecule has 1 aromatic heterocycles. The van der Waals surface area contributed by atoms with Crippen LogP contribution < -0.4 is 0 Å². The van der Waals surface area contributed by atoms with Gasteiger partial charge in [-0.3, -0.25) is 0 Å². The summed E-state index contributed by atoms with van der Waals surface area (Å²) in [6.45, 7) is 1.39. The quantitative estimate of drug-likeness (QED) is 0.844. The maximum Gasteiger partial charge on any atom is 0.220 e. The molecule has 0 amide bonds. The molecular weight excluding hydrogens is 230 g/mol. The summed E-state index contributed by atoms with van der Waals surface area (Å²) < 4.78 is 29.0. The Morgan fingerprint density at radius 1 is 1.50 bits per heavy atom. The molecule has 16 heavy (non-hydrogen) atoms. The van der Waals surface area contributed by atoms with Crippen LogP contribution in [0.1, 0.15) is 41.9 Å². The number of sulfone groups is 1. The number of nitrogens with zero attached hydrogens (tertiary/aromatic N) is 1. The van der Waals surface area contributed by atoms with Gasteiger partial charge in [0.25, 0.3) is 0 Å². The molecule has 1 unspecified atom stereocenters. The number of aryl methyl sites for hydroxylation is 1. The predicted molar refractivity (Wildman–Crippen MR) is 57.5 cm³/mol. The Morgan fingerprint density at radius 2 is 2.25 bits per heavy atom. The highest BCUT2D eigenvalue weighted by Crippen LogP contribution is 2.34. The summed E-state index contributed by atoms with van der Waals surface area (Å²) in [5.41, 5.74) is 0.476. The lowest BCUT2D eigenvalue weighted by Gasteiger charge is -2.20. The maximum absolute atomic E-state index is 11.9. The highest BCUT2D eigenvalue weighted by atomic mass is 32.2. The van der Waals surface area contributed by atoms with Crippen molar-refractivity contribution in [3.63, 3.8) is 0 Å². The minimum atomic E-state index is -3.10. The third-order valence-electron chi connectivity index (χ3n) is 2.90. The number of rotatable bonds is 2. The second-order valence-electron chi connectivity index (χ2n) is 4.06. The molecule has 6 heteroatoms. The van der Waals surface area contributed by atoms with Crippen molar-refractivity contribution >= 4 is 9.84 Å². The summed E-state index contributed by atoms with van der Waals surface area (Å²) in [6.07, 6.45) is 2.22. The molecule has 0 aliphatic carbocycles. The first-order valence-corrected chi connectivity index (χ1v) is 7.05. The van der Waals surface area contributed by atoms with Crippen LogP contribution in [0.2, 0.25) is 0 Å². The van der Waals surface area contributed by atoms with Gasteiger partial charge in [-0.05, 0) is 19.8 Å². The van der Waals surface area contributed by atoms with Crippen molar-refractivity contribution in [2.75, 3.05) is 5.75 Å². The molecule has 1 aliphatic heterocycles. The van der Waals surface area contributed by atoms with Crippen molar-refractivity contribution in [1.82, 2.24) is 4.98 Å². The third kappa shape index (κ3) is 1.99. The Balaban J connectivity index is 2.38. The van der Waals surface area contributed by atoms with E-state index in [0.717, 1.165) is 12.8 Å². The fourth-order valence-electron chi connectivity index (χ4n) is 2.09. The van der Waals surface area contributed by atoms with Gasteiger partial charge in [-0.1, -0.05) is 6.42 Å². The van der Waals surface area contributed by atoms with Gasteiger partial charge in [-0.25, -0.2) is 13.4 Å². The lowest BCUT2D eigenvalue weighted by molar-refractivity contribution is 0.238. The lowest BCUT2D eigenvalue weighted by Crippen LogP contribution is -2.22. The first kappa shape index (κ1) is 11.6. The zero-order valence-corrected chi connectivity index (χ0v) is 9.96. The molecule has 1 saturated heterocycles. The van der Waals surface area contributed by atoms with Crippen LogP contribution in [0.5, 0.6) is 0 Å². The van der Waals surface area contributed by atoms with E-state index in [0.29, 0.717) is 17.9 Å². The highest BCUT2D eigenvalue weighted by Gasteiger charge is 2.34. The Labute approximate surface area is 94.4 Å². The largest absolute Gasteiger partial charge is 0.443 e. The van der Waals surface area contributed by atoms with Crippen LogP contribution in [0.25, 0.3) is 0 Å². The molecule has 1 fully saturated rings. The van der Waals surface area contributed by atoms with Gasteiger partial charge in [-0.2, -0.15) is 0 Å². The van der Waals surface area contributed by atoms with Crippen LogP contribution in [0.3, 0.4) is 0 Å². The monoisotopic (exact) mass is 245 g/mol. The normalized spacial score (nSPS) is 24.5. The van der Waals surface area contributed by atoms with E-state index in [2.05, 4.69) is 4.98 Å². The molecule has 90 valence electrons. The molecule has 1 aliphatic rings. The second kappa shape index (κ2) is 4.18. The van der Waals surface area contributed by atoms with Gasteiger partial charge in [0, 0.05) is 0 Å². The summed E-state index contributed by atoms with van der Waals surface area (Å²) in [6, 6.07) is 0. The van der Waals surface area contributed by atoms with E-state index < -0.39 is 15.1 Å². The van der Waals surface area contributed by atoms with Crippen LogP contribution in [-0.4, -0.2) is 24.3 Å².